The Morgan fingerprint density at radius 1 is 0.917 bits per heavy atom. The van der Waals surface area contributed by atoms with Gasteiger partial charge >= 0.3 is 0 Å². The Kier molecular flexibility index (Phi) is 9.41. The van der Waals surface area contributed by atoms with Crippen molar-refractivity contribution in [2.75, 3.05) is 82.3 Å². The fourth-order valence-corrected chi connectivity index (χ4v) is 8.90. The Balaban J connectivity index is 1.10. The van der Waals surface area contributed by atoms with Gasteiger partial charge in [-0.25, -0.2) is 4.98 Å². The molecule has 2 N–H and O–H groups in total. The Hall–Kier alpha value is -3.24. The van der Waals surface area contributed by atoms with E-state index in [1.165, 1.54) is 25.9 Å². The molecule has 1 saturated carbocycles. The second-order valence-corrected chi connectivity index (χ2v) is 17.9. The molecule has 2 aromatic carbocycles. The molecule has 1 aliphatic carbocycles. The average molecular weight is 734 g/mol. The van der Waals surface area contributed by atoms with Crippen molar-refractivity contribution >= 4 is 68.1 Å². The lowest BCUT2D eigenvalue weighted by atomic mass is 10.0. The molecule has 4 heterocycles. The zero-order valence-corrected chi connectivity index (χ0v) is 31.1. The number of nitrogens with one attached hydrogen (secondary N) is 2. The summed E-state index contributed by atoms with van der Waals surface area (Å²) in [6.45, 7) is 12.4. The molecule has 0 bridgehead atoms. The number of aromatic nitrogens is 3. The van der Waals surface area contributed by atoms with E-state index in [9.17, 15) is 4.57 Å². The zero-order valence-electron chi connectivity index (χ0n) is 28.6. The Bertz CT molecular complexity index is 1860. The predicted molar refractivity (Wildman–Crippen MR) is 201 cm³/mol. The van der Waals surface area contributed by atoms with Gasteiger partial charge < -0.3 is 29.7 Å². The second-order valence-electron chi connectivity index (χ2n) is 13.9. The van der Waals surface area contributed by atoms with Crippen molar-refractivity contribution in [3.05, 3.63) is 58.3 Å². The lowest BCUT2D eigenvalue weighted by Crippen LogP contribution is -2.52. The Morgan fingerprint density at radius 3 is 2.35 bits per heavy atom. The van der Waals surface area contributed by atoms with Crippen LogP contribution in [0.4, 0.5) is 28.8 Å². The van der Waals surface area contributed by atoms with Crippen molar-refractivity contribution in [2.24, 2.45) is 0 Å². The molecule has 4 aromatic rings. The number of piperazine rings is 1. The van der Waals surface area contributed by atoms with Gasteiger partial charge in [-0.15, -0.1) is 0 Å². The highest BCUT2D eigenvalue weighted by Gasteiger charge is 2.29. The fraction of sp³-hybridized carbons (Fsp3) is 0.472. The number of hydrogen-bond donors (Lipinski definition) is 2. The molecule has 7 rings (SSSR count). The first-order valence-electron chi connectivity index (χ1n) is 17.0. The van der Waals surface area contributed by atoms with Crippen LogP contribution in [0, 0.1) is 6.92 Å². The zero-order chi connectivity index (χ0) is 33.6. The highest BCUT2D eigenvalue weighted by Crippen LogP contribution is 2.44. The quantitative estimate of drug-likeness (QED) is 0.176. The van der Waals surface area contributed by atoms with Crippen molar-refractivity contribution in [1.29, 1.82) is 0 Å². The number of methoxy groups -OCH3 is 1. The summed E-state index contributed by atoms with van der Waals surface area (Å²) in [7, 11) is 1.26. The van der Waals surface area contributed by atoms with Gasteiger partial charge in [0, 0.05) is 85.6 Å². The molecule has 0 radical (unpaired) electrons. The molecular weight excluding hydrogens is 687 g/mol. The van der Waals surface area contributed by atoms with E-state index in [-0.39, 0.29) is 0 Å². The van der Waals surface area contributed by atoms with E-state index >= 15 is 0 Å². The lowest BCUT2D eigenvalue weighted by molar-refractivity contribution is 0.0981. The molecule has 0 atom stereocenters. The maximum atomic E-state index is 13.7. The normalized spacial score (nSPS) is 18.3. The molecule has 0 unspecified atom stereocenters. The van der Waals surface area contributed by atoms with Gasteiger partial charge in [0.1, 0.15) is 18.7 Å². The van der Waals surface area contributed by atoms with E-state index in [2.05, 4.69) is 78.4 Å². The molecule has 254 valence electrons. The summed E-state index contributed by atoms with van der Waals surface area (Å²) in [6, 6.07) is 13.0. The molecule has 3 fully saturated rings. The standard InChI is InChI=1S/C36H46BrN8O2P/c1-23-20-32(45-14-12-25(13-15-45)44-18-16-43(2)17-19-44)33(47-3)21-31(23)41-36-38-22-27(37)35(42-36)40-30-11-10-29-26(34(30)48(4,5)46)8-9-28(39-29)24-6-7-24/h8-11,20-22,24-25H,6-7,12-19H2,1-5H3,(H2,38,40,41,42). The number of fused-ring (bicyclic) bond motifs is 1. The Labute approximate surface area is 292 Å². The van der Waals surface area contributed by atoms with Gasteiger partial charge in [0.25, 0.3) is 0 Å². The van der Waals surface area contributed by atoms with E-state index in [1.54, 1.807) is 26.6 Å². The topological polar surface area (TPSA) is 98.7 Å². The number of benzene rings is 2. The van der Waals surface area contributed by atoms with Crippen molar-refractivity contribution in [3.8, 4) is 5.75 Å². The van der Waals surface area contributed by atoms with Crippen LogP contribution in [0.2, 0.25) is 0 Å². The van der Waals surface area contributed by atoms with Gasteiger partial charge in [0.15, 0.2) is 0 Å². The SMILES string of the molecule is COc1cc(Nc2ncc(Br)c(Nc3ccc4nc(C5CC5)ccc4c3P(C)(C)=O)n2)c(C)cc1N1CCC(N2CCN(C)CC2)CC1. The lowest BCUT2D eigenvalue weighted by Gasteiger charge is -2.42. The van der Waals surface area contributed by atoms with Gasteiger partial charge in [-0.05, 0) is 98.7 Å². The molecule has 12 heteroatoms. The number of aryl methyl sites for hydroxylation is 1. The van der Waals surface area contributed by atoms with Crippen LogP contribution < -0.4 is 25.6 Å². The molecule has 10 nitrogen and oxygen atoms in total. The first-order valence-corrected chi connectivity index (χ1v) is 20.4. The predicted octanol–water partition coefficient (Wildman–Crippen LogP) is 6.93. The number of halogens is 1. The molecule has 2 aliphatic heterocycles. The van der Waals surface area contributed by atoms with Crippen LogP contribution in [-0.4, -0.2) is 97.5 Å². The van der Waals surface area contributed by atoms with Crippen molar-refractivity contribution in [1.82, 2.24) is 24.8 Å². The highest BCUT2D eigenvalue weighted by atomic mass is 79.9. The number of rotatable bonds is 9. The molecule has 2 saturated heterocycles. The summed E-state index contributed by atoms with van der Waals surface area (Å²) in [5, 5.41) is 8.57. The van der Waals surface area contributed by atoms with E-state index in [4.69, 9.17) is 14.7 Å². The molecule has 2 aromatic heterocycles. The minimum Gasteiger partial charge on any atom is -0.495 e. The van der Waals surface area contributed by atoms with Crippen LogP contribution in [0.25, 0.3) is 10.9 Å². The van der Waals surface area contributed by atoms with E-state index < -0.39 is 7.14 Å². The second kappa shape index (κ2) is 13.6. The third-order valence-corrected chi connectivity index (χ3v) is 12.2. The van der Waals surface area contributed by atoms with Crippen LogP contribution in [0.15, 0.2) is 47.1 Å². The maximum Gasteiger partial charge on any atom is 0.229 e. The molecular formula is C36H46BrN8O2P. The Morgan fingerprint density at radius 2 is 1.67 bits per heavy atom. The first kappa shape index (κ1) is 33.3. The van der Waals surface area contributed by atoms with E-state index in [1.807, 2.05) is 18.2 Å². The monoisotopic (exact) mass is 732 g/mol. The number of pyridine rings is 1. The number of nitrogens with zero attached hydrogens (tertiary/aromatic N) is 6. The van der Waals surface area contributed by atoms with Crippen LogP contribution in [0.1, 0.15) is 42.9 Å². The number of likely N-dealkylation sites (N-methyl/N-ethyl adjacent to an activating group) is 1. The maximum absolute atomic E-state index is 13.7. The molecule has 48 heavy (non-hydrogen) atoms. The smallest absolute Gasteiger partial charge is 0.229 e. The largest absolute Gasteiger partial charge is 0.495 e. The highest BCUT2D eigenvalue weighted by molar-refractivity contribution is 9.10. The fourth-order valence-electron chi connectivity index (χ4n) is 7.13. The minimum atomic E-state index is -2.69. The summed E-state index contributed by atoms with van der Waals surface area (Å²) in [5.74, 6) is 2.41. The van der Waals surface area contributed by atoms with Crippen molar-refractivity contribution in [2.45, 2.75) is 44.6 Å². The molecule has 3 aliphatic rings. The van der Waals surface area contributed by atoms with Gasteiger partial charge in [0.2, 0.25) is 5.95 Å². The van der Waals surface area contributed by atoms with Gasteiger partial charge in [-0.3, -0.25) is 9.88 Å². The van der Waals surface area contributed by atoms with Crippen LogP contribution in [0.3, 0.4) is 0 Å². The third-order valence-electron chi connectivity index (χ3n) is 10.0. The van der Waals surface area contributed by atoms with E-state index in [0.29, 0.717) is 28.2 Å². The first-order chi connectivity index (χ1) is 23.1. The van der Waals surface area contributed by atoms with Crippen molar-refractivity contribution < 1.29 is 9.30 Å². The summed E-state index contributed by atoms with van der Waals surface area (Å²) in [5.41, 5.74) is 5.84. The van der Waals surface area contributed by atoms with Crippen LogP contribution in [-0.2, 0) is 4.57 Å². The van der Waals surface area contributed by atoms with Crippen molar-refractivity contribution in [3.63, 3.8) is 0 Å². The molecule has 0 amide bonds. The minimum absolute atomic E-state index is 0.445. The summed E-state index contributed by atoms with van der Waals surface area (Å²) >= 11 is 3.63. The third kappa shape index (κ3) is 7.06. The number of hydrogen-bond acceptors (Lipinski definition) is 10. The van der Waals surface area contributed by atoms with Crippen LogP contribution in [0.5, 0.6) is 5.75 Å². The number of piperidine rings is 1. The van der Waals surface area contributed by atoms with Gasteiger partial charge in [0.05, 0.1) is 28.5 Å². The summed E-state index contributed by atoms with van der Waals surface area (Å²) in [4.78, 5) is 21.9. The summed E-state index contributed by atoms with van der Waals surface area (Å²) in [6.07, 6.45) is 6.43. The summed E-state index contributed by atoms with van der Waals surface area (Å²) < 4.78 is 20.3. The number of ether oxygens (including phenoxy) is 1. The van der Waals surface area contributed by atoms with Gasteiger partial charge in [-0.2, -0.15) is 4.98 Å². The molecule has 0 spiro atoms. The average Bonchev–Trinajstić information content (AvgIpc) is 3.92. The van der Waals surface area contributed by atoms with Crippen LogP contribution >= 0.6 is 23.1 Å². The van der Waals surface area contributed by atoms with Gasteiger partial charge in [-0.1, -0.05) is 6.07 Å². The van der Waals surface area contributed by atoms with E-state index in [0.717, 1.165) is 89.3 Å². The number of anilines is 5.